The van der Waals surface area contributed by atoms with Crippen LogP contribution in [0.25, 0.3) is 0 Å². The van der Waals surface area contributed by atoms with Crippen LogP contribution in [0.3, 0.4) is 0 Å². The minimum Gasteiger partial charge on any atom is -0.488 e. The summed E-state index contributed by atoms with van der Waals surface area (Å²) < 4.78 is 12.3. The van der Waals surface area contributed by atoms with Crippen molar-refractivity contribution < 1.29 is 9.47 Å². The van der Waals surface area contributed by atoms with E-state index in [4.69, 9.17) is 9.47 Å². The summed E-state index contributed by atoms with van der Waals surface area (Å²) in [7, 11) is 0. The Labute approximate surface area is 115 Å². The lowest BCUT2D eigenvalue weighted by atomic mass is 10.1. The van der Waals surface area contributed by atoms with Gasteiger partial charge >= 0.3 is 0 Å². The molecule has 0 bridgehead atoms. The Balaban J connectivity index is 1.51. The summed E-state index contributed by atoms with van der Waals surface area (Å²) in [4.78, 5) is 0. The second kappa shape index (κ2) is 5.57. The molecule has 2 aliphatic heterocycles. The maximum atomic E-state index is 5.91. The normalized spacial score (nSPS) is 23.7. The molecule has 0 aromatic heterocycles. The van der Waals surface area contributed by atoms with Crippen LogP contribution in [-0.2, 0) is 11.2 Å². The monoisotopic (exact) mass is 312 g/mol. The molecule has 0 spiro atoms. The largest absolute Gasteiger partial charge is 0.488 e. The van der Waals surface area contributed by atoms with Gasteiger partial charge in [0.05, 0.1) is 13.2 Å². The second-order valence-electron chi connectivity index (χ2n) is 4.66. The van der Waals surface area contributed by atoms with Gasteiger partial charge in [-0.1, -0.05) is 15.9 Å². The molecule has 1 atom stereocenters. The molecule has 4 nitrogen and oxygen atoms in total. The number of morpholine rings is 1. The topological polar surface area (TPSA) is 33.7 Å². The molecule has 1 fully saturated rings. The van der Waals surface area contributed by atoms with E-state index in [0.29, 0.717) is 0 Å². The zero-order chi connectivity index (χ0) is 12.4. The average molecular weight is 313 g/mol. The predicted octanol–water partition coefficient (Wildman–Crippen LogP) is 1.59. The highest BCUT2D eigenvalue weighted by Gasteiger charge is 2.23. The van der Waals surface area contributed by atoms with E-state index in [1.165, 1.54) is 5.56 Å². The van der Waals surface area contributed by atoms with E-state index in [-0.39, 0.29) is 6.10 Å². The van der Waals surface area contributed by atoms with Crippen molar-refractivity contribution in [3.8, 4) is 5.75 Å². The molecular weight excluding hydrogens is 296 g/mol. The van der Waals surface area contributed by atoms with Crippen LogP contribution >= 0.6 is 15.9 Å². The van der Waals surface area contributed by atoms with Gasteiger partial charge in [0.2, 0.25) is 0 Å². The Kier molecular flexibility index (Phi) is 3.84. The molecule has 1 unspecified atom stereocenters. The fraction of sp³-hybridized carbons (Fsp3) is 0.538. The van der Waals surface area contributed by atoms with Crippen LogP contribution in [-0.4, -0.2) is 44.0 Å². The number of ether oxygens (including phenoxy) is 2. The number of halogens is 1. The maximum Gasteiger partial charge on any atom is 0.123 e. The first-order valence-corrected chi connectivity index (χ1v) is 7.12. The van der Waals surface area contributed by atoms with Crippen molar-refractivity contribution in [2.24, 2.45) is 0 Å². The summed E-state index contributed by atoms with van der Waals surface area (Å²) in [6, 6.07) is 6.20. The lowest BCUT2D eigenvalue weighted by molar-refractivity contribution is 0.00625. The molecule has 0 aliphatic carbocycles. The zero-order valence-electron chi connectivity index (χ0n) is 10.2. The standard InChI is InChI=1S/C13H17BrN2O2/c14-11-1-2-13-10(7-11)8-12(18-13)9-15-16-3-5-17-6-4-16/h1-2,7,12,15H,3-6,8-9H2. The van der Waals surface area contributed by atoms with E-state index in [0.717, 1.165) is 49.5 Å². The van der Waals surface area contributed by atoms with Gasteiger partial charge in [0.25, 0.3) is 0 Å². The minimum atomic E-state index is 0.233. The molecule has 2 aliphatic rings. The Bertz CT molecular complexity index is 421. The molecule has 3 rings (SSSR count). The summed E-state index contributed by atoms with van der Waals surface area (Å²) in [5.74, 6) is 1.02. The van der Waals surface area contributed by atoms with Gasteiger partial charge < -0.3 is 9.47 Å². The Hall–Kier alpha value is -0.620. The van der Waals surface area contributed by atoms with E-state index in [1.807, 2.05) is 12.1 Å². The summed E-state index contributed by atoms with van der Waals surface area (Å²) in [6.45, 7) is 4.38. The third-order valence-corrected chi connectivity index (χ3v) is 3.81. The van der Waals surface area contributed by atoms with Crippen LogP contribution in [0.1, 0.15) is 5.56 Å². The molecule has 1 N–H and O–H groups in total. The van der Waals surface area contributed by atoms with Gasteiger partial charge in [-0.25, -0.2) is 5.01 Å². The molecule has 1 aromatic rings. The summed E-state index contributed by atoms with van der Waals surface area (Å²) in [5, 5.41) is 2.21. The van der Waals surface area contributed by atoms with Gasteiger partial charge in [-0.2, -0.15) is 0 Å². The molecular formula is C13H17BrN2O2. The molecule has 98 valence electrons. The van der Waals surface area contributed by atoms with Crippen molar-refractivity contribution in [3.05, 3.63) is 28.2 Å². The second-order valence-corrected chi connectivity index (χ2v) is 5.57. The summed E-state index contributed by atoms with van der Waals surface area (Å²) in [5.41, 5.74) is 4.72. The minimum absolute atomic E-state index is 0.233. The number of nitrogens with zero attached hydrogens (tertiary/aromatic N) is 1. The van der Waals surface area contributed by atoms with Crippen LogP contribution in [0, 0.1) is 0 Å². The number of hydrogen-bond donors (Lipinski definition) is 1. The highest BCUT2D eigenvalue weighted by Crippen LogP contribution is 2.30. The summed E-state index contributed by atoms with van der Waals surface area (Å²) >= 11 is 3.49. The van der Waals surface area contributed by atoms with Crippen molar-refractivity contribution in [1.29, 1.82) is 0 Å². The molecule has 2 heterocycles. The lowest BCUT2D eigenvalue weighted by Gasteiger charge is -2.28. The number of nitrogens with one attached hydrogen (secondary N) is 1. The SMILES string of the molecule is Brc1ccc2c(c1)CC(CNN1CCOCC1)O2. The molecule has 18 heavy (non-hydrogen) atoms. The quantitative estimate of drug-likeness (QED) is 0.919. The van der Waals surface area contributed by atoms with Gasteiger partial charge in [-0.05, 0) is 23.8 Å². The van der Waals surface area contributed by atoms with Crippen molar-refractivity contribution >= 4 is 15.9 Å². The smallest absolute Gasteiger partial charge is 0.123 e. The van der Waals surface area contributed by atoms with Gasteiger partial charge in [0.15, 0.2) is 0 Å². The summed E-state index contributed by atoms with van der Waals surface area (Å²) in [6.07, 6.45) is 1.21. The molecule has 0 saturated carbocycles. The van der Waals surface area contributed by atoms with Crippen LogP contribution in [0.15, 0.2) is 22.7 Å². The Morgan fingerprint density at radius 2 is 2.17 bits per heavy atom. The molecule has 1 aromatic carbocycles. The molecule has 5 heteroatoms. The fourth-order valence-corrected chi connectivity index (χ4v) is 2.76. The first kappa shape index (κ1) is 12.4. The third kappa shape index (κ3) is 2.85. The molecule has 0 amide bonds. The van der Waals surface area contributed by atoms with Gasteiger partial charge in [-0.15, -0.1) is 0 Å². The number of rotatable bonds is 3. The number of fused-ring (bicyclic) bond motifs is 1. The predicted molar refractivity (Wildman–Crippen MR) is 72.7 cm³/mol. The van der Waals surface area contributed by atoms with E-state index in [9.17, 15) is 0 Å². The Morgan fingerprint density at radius 1 is 1.33 bits per heavy atom. The van der Waals surface area contributed by atoms with Crippen LogP contribution in [0.5, 0.6) is 5.75 Å². The maximum absolute atomic E-state index is 5.91. The fourth-order valence-electron chi connectivity index (χ4n) is 2.36. The molecule has 0 radical (unpaired) electrons. The van der Waals surface area contributed by atoms with E-state index < -0.39 is 0 Å². The van der Waals surface area contributed by atoms with E-state index in [1.54, 1.807) is 0 Å². The van der Waals surface area contributed by atoms with E-state index in [2.05, 4.69) is 32.4 Å². The number of benzene rings is 1. The van der Waals surface area contributed by atoms with Crippen LogP contribution < -0.4 is 10.2 Å². The van der Waals surface area contributed by atoms with Crippen LogP contribution in [0.2, 0.25) is 0 Å². The van der Waals surface area contributed by atoms with Crippen molar-refractivity contribution in [2.75, 3.05) is 32.8 Å². The zero-order valence-corrected chi connectivity index (χ0v) is 11.8. The first-order chi connectivity index (χ1) is 8.81. The average Bonchev–Trinajstić information content (AvgIpc) is 2.79. The van der Waals surface area contributed by atoms with E-state index >= 15 is 0 Å². The third-order valence-electron chi connectivity index (χ3n) is 3.32. The van der Waals surface area contributed by atoms with Gasteiger partial charge in [0, 0.05) is 30.5 Å². The van der Waals surface area contributed by atoms with Gasteiger partial charge in [0.1, 0.15) is 11.9 Å². The number of hydrogen-bond acceptors (Lipinski definition) is 4. The van der Waals surface area contributed by atoms with Crippen molar-refractivity contribution in [3.63, 3.8) is 0 Å². The highest BCUT2D eigenvalue weighted by atomic mass is 79.9. The highest BCUT2D eigenvalue weighted by molar-refractivity contribution is 9.10. The number of hydrazine groups is 1. The van der Waals surface area contributed by atoms with Gasteiger partial charge in [-0.3, -0.25) is 5.43 Å². The Morgan fingerprint density at radius 3 is 3.00 bits per heavy atom. The van der Waals surface area contributed by atoms with Crippen LogP contribution in [0.4, 0.5) is 0 Å². The van der Waals surface area contributed by atoms with Crippen molar-refractivity contribution in [1.82, 2.24) is 10.4 Å². The van der Waals surface area contributed by atoms with Crippen molar-refractivity contribution in [2.45, 2.75) is 12.5 Å². The molecule has 1 saturated heterocycles. The first-order valence-electron chi connectivity index (χ1n) is 6.32. The lowest BCUT2D eigenvalue weighted by Crippen LogP contribution is -2.48.